The zero-order valence-corrected chi connectivity index (χ0v) is 9.31. The van der Waals surface area contributed by atoms with E-state index in [9.17, 15) is 5.11 Å². The normalized spacial score (nSPS) is 10.9. The van der Waals surface area contributed by atoms with E-state index in [0.29, 0.717) is 10.7 Å². The smallest absolute Gasteiger partial charge is 0.153 e. The van der Waals surface area contributed by atoms with Crippen LogP contribution in [0.15, 0.2) is 12.8 Å². The molecule has 0 saturated carbocycles. The van der Waals surface area contributed by atoms with Gasteiger partial charge in [-0.25, -0.2) is 4.98 Å². The first-order valence-corrected chi connectivity index (χ1v) is 4.91. The number of pyridine rings is 1. The number of fused-ring (bicyclic) bond motifs is 1. The van der Waals surface area contributed by atoms with E-state index in [1.165, 1.54) is 6.20 Å². The van der Waals surface area contributed by atoms with Gasteiger partial charge in [-0.2, -0.15) is 0 Å². The molecule has 2 rings (SSSR count). The molecule has 0 bridgehead atoms. The SMILES string of the molecule is C=C(O)c1cnc(Cl)c2[nH]c(C)c(C)c12. The molecule has 0 amide bonds. The Bertz CT molecular complexity index is 557. The lowest BCUT2D eigenvalue weighted by Crippen LogP contribution is -1.87. The number of hydrogen-bond acceptors (Lipinski definition) is 2. The number of aromatic nitrogens is 2. The number of halogens is 1. The molecule has 15 heavy (non-hydrogen) atoms. The number of nitrogens with one attached hydrogen (secondary N) is 1. The number of H-pyrrole nitrogens is 1. The van der Waals surface area contributed by atoms with Gasteiger partial charge in [-0.05, 0) is 19.4 Å². The van der Waals surface area contributed by atoms with Crippen LogP contribution in [-0.2, 0) is 0 Å². The maximum Gasteiger partial charge on any atom is 0.153 e. The molecule has 0 fully saturated rings. The maximum absolute atomic E-state index is 9.45. The second-order valence-corrected chi connectivity index (χ2v) is 3.89. The molecule has 0 spiro atoms. The van der Waals surface area contributed by atoms with E-state index in [-0.39, 0.29) is 5.76 Å². The van der Waals surface area contributed by atoms with E-state index in [2.05, 4.69) is 16.5 Å². The van der Waals surface area contributed by atoms with Crippen LogP contribution in [0, 0.1) is 13.8 Å². The Morgan fingerprint density at radius 1 is 1.53 bits per heavy atom. The summed E-state index contributed by atoms with van der Waals surface area (Å²) in [6.07, 6.45) is 1.54. The molecule has 0 unspecified atom stereocenters. The number of aliphatic hydroxyl groups is 1. The lowest BCUT2D eigenvalue weighted by Gasteiger charge is -2.02. The zero-order chi connectivity index (χ0) is 11.2. The van der Waals surface area contributed by atoms with Gasteiger partial charge >= 0.3 is 0 Å². The Balaban J connectivity index is 2.96. The standard InChI is InChI=1S/C11H11ClN2O/c1-5-6(2)14-10-9(5)8(7(3)15)4-13-11(10)12/h4,14-15H,3H2,1-2H3. The van der Waals surface area contributed by atoms with Crippen molar-refractivity contribution in [3.8, 4) is 0 Å². The summed E-state index contributed by atoms with van der Waals surface area (Å²) < 4.78 is 0. The summed E-state index contributed by atoms with van der Waals surface area (Å²) >= 11 is 5.97. The van der Waals surface area contributed by atoms with Gasteiger partial charge in [0.15, 0.2) is 5.15 Å². The highest BCUT2D eigenvalue weighted by Gasteiger charge is 2.14. The second kappa shape index (κ2) is 3.28. The van der Waals surface area contributed by atoms with E-state index in [1.54, 1.807) is 0 Å². The number of aromatic amines is 1. The lowest BCUT2D eigenvalue weighted by molar-refractivity contribution is 0.514. The molecular formula is C11H11ClN2O. The van der Waals surface area contributed by atoms with Crippen molar-refractivity contribution >= 4 is 28.3 Å². The number of aliphatic hydroxyl groups excluding tert-OH is 1. The summed E-state index contributed by atoms with van der Waals surface area (Å²) in [7, 11) is 0. The Hall–Kier alpha value is -1.48. The first-order valence-electron chi connectivity index (χ1n) is 4.54. The van der Waals surface area contributed by atoms with Crippen molar-refractivity contribution in [2.24, 2.45) is 0 Å². The first-order chi connectivity index (χ1) is 7.02. The van der Waals surface area contributed by atoms with Crippen LogP contribution >= 0.6 is 11.6 Å². The third-order valence-corrected chi connectivity index (χ3v) is 2.88. The van der Waals surface area contributed by atoms with Crippen molar-refractivity contribution in [2.45, 2.75) is 13.8 Å². The average molecular weight is 223 g/mol. The van der Waals surface area contributed by atoms with Crippen LogP contribution in [0.4, 0.5) is 0 Å². The van der Waals surface area contributed by atoms with Crippen LogP contribution in [-0.4, -0.2) is 15.1 Å². The van der Waals surface area contributed by atoms with Gasteiger partial charge in [0.05, 0.1) is 5.52 Å². The molecule has 0 saturated heterocycles. The van der Waals surface area contributed by atoms with Crippen molar-refractivity contribution in [3.05, 3.63) is 34.7 Å². The second-order valence-electron chi connectivity index (χ2n) is 3.53. The highest BCUT2D eigenvalue weighted by molar-refractivity contribution is 6.34. The van der Waals surface area contributed by atoms with Crippen LogP contribution in [0.1, 0.15) is 16.8 Å². The fraction of sp³-hybridized carbons (Fsp3) is 0.182. The molecule has 0 atom stereocenters. The summed E-state index contributed by atoms with van der Waals surface area (Å²) in [5.74, 6) is 0.00580. The van der Waals surface area contributed by atoms with Crippen molar-refractivity contribution in [1.82, 2.24) is 9.97 Å². The summed E-state index contributed by atoms with van der Waals surface area (Å²) in [6.45, 7) is 7.44. The molecule has 0 aromatic carbocycles. The molecule has 4 heteroatoms. The number of aryl methyl sites for hydroxylation is 2. The van der Waals surface area contributed by atoms with Gasteiger partial charge in [-0.1, -0.05) is 18.2 Å². The molecule has 3 nitrogen and oxygen atoms in total. The zero-order valence-electron chi connectivity index (χ0n) is 8.56. The van der Waals surface area contributed by atoms with Gasteiger partial charge in [0, 0.05) is 22.8 Å². The monoisotopic (exact) mass is 222 g/mol. The van der Waals surface area contributed by atoms with Crippen molar-refractivity contribution in [1.29, 1.82) is 0 Å². The van der Waals surface area contributed by atoms with Gasteiger partial charge in [0.2, 0.25) is 0 Å². The quantitative estimate of drug-likeness (QED) is 0.574. The summed E-state index contributed by atoms with van der Waals surface area (Å²) in [6, 6.07) is 0. The predicted molar refractivity (Wildman–Crippen MR) is 62.2 cm³/mol. The van der Waals surface area contributed by atoms with Crippen LogP contribution in [0.5, 0.6) is 0 Å². The fourth-order valence-corrected chi connectivity index (χ4v) is 1.87. The molecule has 0 aliphatic heterocycles. The van der Waals surface area contributed by atoms with Crippen molar-refractivity contribution in [2.75, 3.05) is 0 Å². The molecule has 2 aromatic heterocycles. The largest absolute Gasteiger partial charge is 0.508 e. The molecule has 0 aliphatic carbocycles. The van der Waals surface area contributed by atoms with Crippen LogP contribution < -0.4 is 0 Å². The molecule has 78 valence electrons. The maximum atomic E-state index is 9.45. The summed E-state index contributed by atoms with van der Waals surface area (Å²) in [5, 5.41) is 10.8. The molecular weight excluding hydrogens is 212 g/mol. The van der Waals surface area contributed by atoms with Gasteiger partial charge in [0.1, 0.15) is 5.76 Å². The third kappa shape index (κ3) is 1.39. The van der Waals surface area contributed by atoms with Crippen LogP contribution in [0.25, 0.3) is 16.7 Å². The highest BCUT2D eigenvalue weighted by Crippen LogP contribution is 2.31. The van der Waals surface area contributed by atoms with Crippen molar-refractivity contribution in [3.63, 3.8) is 0 Å². The molecule has 2 aromatic rings. The van der Waals surface area contributed by atoms with Gasteiger partial charge in [-0.15, -0.1) is 0 Å². The highest BCUT2D eigenvalue weighted by atomic mass is 35.5. The topological polar surface area (TPSA) is 48.9 Å². The number of nitrogens with zero attached hydrogens (tertiary/aromatic N) is 1. The van der Waals surface area contributed by atoms with E-state index in [1.807, 2.05) is 13.8 Å². The van der Waals surface area contributed by atoms with E-state index >= 15 is 0 Å². The third-order valence-electron chi connectivity index (χ3n) is 2.59. The Morgan fingerprint density at radius 3 is 2.80 bits per heavy atom. The van der Waals surface area contributed by atoms with Gasteiger partial charge < -0.3 is 10.1 Å². The summed E-state index contributed by atoms with van der Waals surface area (Å²) in [5.41, 5.74) is 3.44. The Kier molecular flexibility index (Phi) is 2.20. The molecule has 0 radical (unpaired) electrons. The van der Waals surface area contributed by atoms with E-state index in [4.69, 9.17) is 11.6 Å². The first kappa shape index (κ1) is 10.1. The molecule has 2 N–H and O–H groups in total. The minimum absolute atomic E-state index is 0.00580. The van der Waals surface area contributed by atoms with Crippen molar-refractivity contribution < 1.29 is 5.11 Å². The minimum Gasteiger partial charge on any atom is -0.508 e. The van der Waals surface area contributed by atoms with E-state index in [0.717, 1.165) is 22.2 Å². The Morgan fingerprint density at radius 2 is 2.20 bits per heavy atom. The van der Waals surface area contributed by atoms with Crippen LogP contribution in [0.3, 0.4) is 0 Å². The predicted octanol–water partition coefficient (Wildman–Crippen LogP) is 3.36. The number of rotatable bonds is 1. The molecule has 0 aliphatic rings. The van der Waals surface area contributed by atoms with Crippen LogP contribution in [0.2, 0.25) is 5.15 Å². The Labute approximate surface area is 92.4 Å². The van der Waals surface area contributed by atoms with E-state index < -0.39 is 0 Å². The summed E-state index contributed by atoms with van der Waals surface area (Å²) in [4.78, 5) is 7.14. The number of hydrogen-bond donors (Lipinski definition) is 2. The minimum atomic E-state index is 0.00580. The van der Waals surface area contributed by atoms with Gasteiger partial charge in [-0.3, -0.25) is 0 Å². The average Bonchev–Trinajstić information content (AvgIpc) is 2.46. The fourth-order valence-electron chi connectivity index (χ4n) is 1.68. The van der Waals surface area contributed by atoms with Gasteiger partial charge in [0.25, 0.3) is 0 Å². The molecule has 2 heterocycles. The lowest BCUT2D eigenvalue weighted by atomic mass is 10.1.